The number of para-hydroxylation sites is 1. The quantitative estimate of drug-likeness (QED) is 0.513. The molecule has 0 aliphatic carbocycles. The van der Waals surface area contributed by atoms with Gasteiger partial charge >= 0.3 is 0 Å². The number of hydrogen-bond acceptors (Lipinski definition) is 2. The van der Waals surface area contributed by atoms with Crippen LogP contribution in [0.3, 0.4) is 0 Å². The molecule has 138 valence electrons. The van der Waals surface area contributed by atoms with E-state index in [9.17, 15) is 4.79 Å². The molecule has 0 bridgehead atoms. The van der Waals surface area contributed by atoms with Gasteiger partial charge in [-0.25, -0.2) is 0 Å². The van der Waals surface area contributed by atoms with E-state index in [4.69, 9.17) is 5.73 Å². The summed E-state index contributed by atoms with van der Waals surface area (Å²) in [7, 11) is 0. The number of carbonyl (C=O) groups is 1. The van der Waals surface area contributed by atoms with E-state index in [0.717, 1.165) is 22.2 Å². The van der Waals surface area contributed by atoms with Crippen molar-refractivity contribution >= 4 is 16.8 Å². The molecule has 0 fully saturated rings. The highest BCUT2D eigenvalue weighted by Gasteiger charge is 2.32. The van der Waals surface area contributed by atoms with Crippen LogP contribution in [-0.4, -0.2) is 16.9 Å². The zero-order valence-electron chi connectivity index (χ0n) is 15.4. The molecule has 0 radical (unpaired) electrons. The molecule has 4 heteroatoms. The lowest BCUT2D eigenvalue weighted by molar-refractivity contribution is -0.120. The predicted molar refractivity (Wildman–Crippen MR) is 112 cm³/mol. The SMILES string of the molecule is NC(=O)C1Cc2c([nH]c3ccccc23)C(c2ccc(-c3ccccc3)cc2)N1. The molecule has 1 aromatic heterocycles. The van der Waals surface area contributed by atoms with Gasteiger partial charge in [0.15, 0.2) is 0 Å². The fraction of sp³-hybridized carbons (Fsp3) is 0.125. The first-order valence-electron chi connectivity index (χ1n) is 9.51. The summed E-state index contributed by atoms with van der Waals surface area (Å²) >= 11 is 0. The third-order valence-corrected chi connectivity index (χ3v) is 5.61. The minimum atomic E-state index is -0.384. The Bertz CT molecular complexity index is 1150. The van der Waals surface area contributed by atoms with Crippen molar-refractivity contribution in [3.05, 3.63) is 95.7 Å². The minimum absolute atomic E-state index is 0.0986. The van der Waals surface area contributed by atoms with E-state index in [1.165, 1.54) is 16.7 Å². The van der Waals surface area contributed by atoms with Crippen molar-refractivity contribution in [2.45, 2.75) is 18.5 Å². The number of H-pyrrole nitrogens is 1. The third kappa shape index (κ3) is 2.79. The zero-order valence-corrected chi connectivity index (χ0v) is 15.4. The van der Waals surface area contributed by atoms with Crippen LogP contribution in [0.1, 0.15) is 22.9 Å². The Morgan fingerprint density at radius 2 is 1.54 bits per heavy atom. The van der Waals surface area contributed by atoms with Crippen molar-refractivity contribution in [3.8, 4) is 11.1 Å². The van der Waals surface area contributed by atoms with Gasteiger partial charge in [0, 0.05) is 16.6 Å². The smallest absolute Gasteiger partial charge is 0.234 e. The maximum atomic E-state index is 12.0. The second-order valence-electron chi connectivity index (χ2n) is 7.31. The van der Waals surface area contributed by atoms with Crippen LogP contribution < -0.4 is 11.1 Å². The van der Waals surface area contributed by atoms with Gasteiger partial charge in [-0.2, -0.15) is 0 Å². The van der Waals surface area contributed by atoms with Crippen LogP contribution in [0.4, 0.5) is 0 Å². The van der Waals surface area contributed by atoms with Crippen molar-refractivity contribution in [2.24, 2.45) is 5.73 Å². The number of primary amides is 1. The Morgan fingerprint density at radius 3 is 2.29 bits per heavy atom. The van der Waals surface area contributed by atoms with Gasteiger partial charge in [0.1, 0.15) is 0 Å². The lowest BCUT2D eigenvalue weighted by Crippen LogP contribution is -2.48. The molecule has 2 heterocycles. The monoisotopic (exact) mass is 367 g/mol. The number of fused-ring (bicyclic) bond motifs is 3. The van der Waals surface area contributed by atoms with E-state index in [1.807, 2.05) is 30.3 Å². The third-order valence-electron chi connectivity index (χ3n) is 5.61. The number of carbonyl (C=O) groups excluding carboxylic acids is 1. The minimum Gasteiger partial charge on any atom is -0.368 e. The molecule has 3 aromatic carbocycles. The zero-order chi connectivity index (χ0) is 19.1. The van der Waals surface area contributed by atoms with Gasteiger partial charge in [-0.15, -0.1) is 0 Å². The highest BCUT2D eigenvalue weighted by molar-refractivity contribution is 5.88. The fourth-order valence-electron chi connectivity index (χ4n) is 4.18. The van der Waals surface area contributed by atoms with Crippen molar-refractivity contribution in [2.75, 3.05) is 0 Å². The Balaban J connectivity index is 1.58. The maximum absolute atomic E-state index is 12.0. The second-order valence-corrected chi connectivity index (χ2v) is 7.31. The summed E-state index contributed by atoms with van der Waals surface area (Å²) in [5.74, 6) is -0.318. The number of hydrogen-bond donors (Lipinski definition) is 3. The summed E-state index contributed by atoms with van der Waals surface area (Å²) in [4.78, 5) is 15.5. The Hall–Kier alpha value is -3.37. The number of aromatic nitrogens is 1. The molecule has 28 heavy (non-hydrogen) atoms. The van der Waals surface area contributed by atoms with Crippen molar-refractivity contribution in [1.29, 1.82) is 0 Å². The van der Waals surface area contributed by atoms with Crippen LogP contribution in [-0.2, 0) is 11.2 Å². The second kappa shape index (κ2) is 6.66. The molecule has 1 aliphatic heterocycles. The lowest BCUT2D eigenvalue weighted by Gasteiger charge is -2.30. The van der Waals surface area contributed by atoms with Gasteiger partial charge in [0.05, 0.1) is 12.1 Å². The van der Waals surface area contributed by atoms with Crippen molar-refractivity contribution in [3.63, 3.8) is 0 Å². The van der Waals surface area contributed by atoms with Gasteiger partial charge in [-0.05, 0) is 34.7 Å². The summed E-state index contributed by atoms with van der Waals surface area (Å²) in [5, 5.41) is 4.60. The van der Waals surface area contributed by atoms with Crippen LogP contribution in [0.25, 0.3) is 22.0 Å². The van der Waals surface area contributed by atoms with Crippen LogP contribution >= 0.6 is 0 Å². The molecular weight excluding hydrogens is 346 g/mol. The molecule has 5 rings (SSSR count). The summed E-state index contributed by atoms with van der Waals surface area (Å²) in [5.41, 5.74) is 12.5. The molecule has 2 atom stereocenters. The molecule has 0 saturated carbocycles. The molecule has 2 unspecified atom stereocenters. The van der Waals surface area contributed by atoms with Gasteiger partial charge < -0.3 is 10.7 Å². The predicted octanol–water partition coefficient (Wildman–Crippen LogP) is 3.92. The summed E-state index contributed by atoms with van der Waals surface area (Å²) < 4.78 is 0. The highest BCUT2D eigenvalue weighted by atomic mass is 16.1. The summed E-state index contributed by atoms with van der Waals surface area (Å²) in [6, 6.07) is 26.6. The first kappa shape index (κ1) is 16.8. The highest BCUT2D eigenvalue weighted by Crippen LogP contribution is 2.35. The summed E-state index contributed by atoms with van der Waals surface area (Å²) in [6.07, 6.45) is 0.604. The molecule has 0 spiro atoms. The Morgan fingerprint density at radius 1 is 0.857 bits per heavy atom. The fourth-order valence-corrected chi connectivity index (χ4v) is 4.18. The van der Waals surface area contributed by atoms with E-state index < -0.39 is 0 Å². The number of nitrogens with two attached hydrogens (primary N) is 1. The molecule has 4 nitrogen and oxygen atoms in total. The van der Waals surface area contributed by atoms with E-state index >= 15 is 0 Å². The van der Waals surface area contributed by atoms with Crippen molar-refractivity contribution < 1.29 is 4.79 Å². The van der Waals surface area contributed by atoms with Gasteiger partial charge in [0.2, 0.25) is 5.91 Å². The van der Waals surface area contributed by atoms with Crippen LogP contribution in [0, 0.1) is 0 Å². The van der Waals surface area contributed by atoms with Crippen molar-refractivity contribution in [1.82, 2.24) is 10.3 Å². The molecule has 4 N–H and O–H groups in total. The number of amides is 1. The topological polar surface area (TPSA) is 70.9 Å². The Kier molecular flexibility index (Phi) is 3.99. The molecule has 1 aliphatic rings. The van der Waals surface area contributed by atoms with E-state index in [1.54, 1.807) is 0 Å². The molecular formula is C24H21N3O. The first-order valence-corrected chi connectivity index (χ1v) is 9.51. The molecule has 4 aromatic rings. The average Bonchev–Trinajstić information content (AvgIpc) is 3.12. The van der Waals surface area contributed by atoms with E-state index in [-0.39, 0.29) is 18.0 Å². The number of nitrogens with one attached hydrogen (secondary N) is 2. The van der Waals surface area contributed by atoms with Gasteiger partial charge in [-0.1, -0.05) is 72.8 Å². The molecule has 1 amide bonds. The number of rotatable bonds is 3. The van der Waals surface area contributed by atoms with E-state index in [0.29, 0.717) is 6.42 Å². The largest absolute Gasteiger partial charge is 0.368 e. The van der Waals surface area contributed by atoms with E-state index in [2.05, 4.69) is 58.8 Å². The average molecular weight is 367 g/mol. The maximum Gasteiger partial charge on any atom is 0.234 e. The van der Waals surface area contributed by atoms with Gasteiger partial charge in [-0.3, -0.25) is 10.1 Å². The number of benzene rings is 3. The normalized spacial score (nSPS) is 18.7. The lowest BCUT2D eigenvalue weighted by atomic mass is 9.89. The standard InChI is InChI=1S/C24H21N3O/c25-24(28)21-14-19-18-8-4-5-9-20(18)26-23(19)22(27-21)17-12-10-16(11-13-17)15-6-2-1-3-7-15/h1-13,21-22,26-27H,14H2,(H2,25,28). The first-order chi connectivity index (χ1) is 13.7. The molecule has 0 saturated heterocycles. The van der Waals surface area contributed by atoms with Crippen LogP contribution in [0.15, 0.2) is 78.9 Å². The van der Waals surface area contributed by atoms with Gasteiger partial charge in [0.25, 0.3) is 0 Å². The Labute approximate surface area is 163 Å². The number of aromatic amines is 1. The summed E-state index contributed by atoms with van der Waals surface area (Å²) in [6.45, 7) is 0. The van der Waals surface area contributed by atoms with Crippen LogP contribution in [0.5, 0.6) is 0 Å². The van der Waals surface area contributed by atoms with Crippen LogP contribution in [0.2, 0.25) is 0 Å².